The molecule has 9 aromatic rings. The zero-order valence-corrected chi connectivity index (χ0v) is 26.7. The molecule has 0 bridgehead atoms. The Morgan fingerprint density at radius 2 is 1.16 bits per heavy atom. The van der Waals surface area contributed by atoms with Gasteiger partial charge >= 0.3 is 0 Å². The molecule has 0 spiro atoms. The molecule has 7 aromatic carbocycles. The molecule has 7 heteroatoms. The Morgan fingerprint density at radius 1 is 0.480 bits per heavy atom. The van der Waals surface area contributed by atoms with Crippen molar-refractivity contribution in [1.82, 2.24) is 14.0 Å². The lowest BCUT2D eigenvalue weighted by Crippen LogP contribution is -2.60. The summed E-state index contributed by atoms with van der Waals surface area (Å²) in [5.41, 5.74) is 15.0. The molecule has 0 amide bonds. The zero-order valence-electron chi connectivity index (χ0n) is 26.7. The molecule has 50 heavy (non-hydrogen) atoms. The van der Waals surface area contributed by atoms with Crippen molar-refractivity contribution >= 4 is 74.0 Å². The number of rotatable bonds is 2. The molecule has 2 aromatic heterocycles. The van der Waals surface area contributed by atoms with Crippen molar-refractivity contribution in [3.63, 3.8) is 0 Å². The van der Waals surface area contributed by atoms with E-state index in [1.807, 2.05) is 12.1 Å². The Balaban J connectivity index is 1.22. The fourth-order valence-electron chi connectivity index (χ4n) is 8.92. The van der Waals surface area contributed by atoms with Crippen molar-refractivity contribution < 1.29 is 9.47 Å². The van der Waals surface area contributed by atoms with E-state index in [9.17, 15) is 0 Å². The van der Waals surface area contributed by atoms with E-state index >= 15 is 0 Å². The Bertz CT molecular complexity index is 2910. The van der Waals surface area contributed by atoms with Crippen LogP contribution in [0.1, 0.15) is 0 Å². The minimum Gasteiger partial charge on any atom is -0.458 e. The van der Waals surface area contributed by atoms with Crippen LogP contribution in [-0.2, 0) is 0 Å². The standard InChI is InChI=1S/C43H25B2N3O2/c1-2-12-26(13-3-1)27-14-4-5-15-28(27)44-30-17-10-20-35-42(30)48(43-46-33-18-7-8-19-34(33)47(35)43)36-24-32-40(25-31(36)44)50-39-23-11-22-38-41(39)45(32)29-16-6-9-21-37(29)49-38/h1-25H. The normalized spacial score (nSPS) is 13.4. The Hall–Kier alpha value is -6.46. The summed E-state index contributed by atoms with van der Waals surface area (Å²) in [6.45, 7) is -0.0830. The van der Waals surface area contributed by atoms with Gasteiger partial charge in [-0.1, -0.05) is 109 Å². The van der Waals surface area contributed by atoms with Gasteiger partial charge in [0.1, 0.15) is 23.0 Å². The molecular weight excluding hydrogens is 612 g/mol. The van der Waals surface area contributed by atoms with E-state index in [1.54, 1.807) is 0 Å². The first-order valence-electron chi connectivity index (χ1n) is 17.1. The van der Waals surface area contributed by atoms with E-state index in [4.69, 9.17) is 14.5 Å². The highest BCUT2D eigenvalue weighted by Crippen LogP contribution is 2.37. The van der Waals surface area contributed by atoms with Crippen LogP contribution in [0.4, 0.5) is 0 Å². The lowest BCUT2D eigenvalue weighted by molar-refractivity contribution is 0.464. The summed E-state index contributed by atoms with van der Waals surface area (Å²) in [4.78, 5) is 5.28. The number of ether oxygens (including phenoxy) is 2. The van der Waals surface area contributed by atoms with Crippen LogP contribution in [0.2, 0.25) is 0 Å². The van der Waals surface area contributed by atoms with E-state index in [0.29, 0.717) is 0 Å². The van der Waals surface area contributed by atoms with Crippen LogP contribution in [0.25, 0.3) is 44.7 Å². The smallest absolute Gasteiger partial charge is 0.260 e. The lowest BCUT2D eigenvalue weighted by atomic mass is 9.32. The van der Waals surface area contributed by atoms with Crippen LogP contribution >= 0.6 is 0 Å². The van der Waals surface area contributed by atoms with E-state index in [0.717, 1.165) is 67.4 Å². The van der Waals surface area contributed by atoms with E-state index in [-0.39, 0.29) is 13.4 Å². The van der Waals surface area contributed by atoms with Crippen LogP contribution in [0.3, 0.4) is 0 Å². The molecular formula is C43H25B2N3O2. The predicted octanol–water partition coefficient (Wildman–Crippen LogP) is 5.66. The first kappa shape index (κ1) is 26.5. The summed E-state index contributed by atoms with van der Waals surface area (Å²) in [7, 11) is 0. The molecule has 12 rings (SSSR count). The number of para-hydroxylation sites is 4. The Morgan fingerprint density at radius 3 is 2.06 bits per heavy atom. The van der Waals surface area contributed by atoms with Crippen molar-refractivity contribution in [3.8, 4) is 39.8 Å². The van der Waals surface area contributed by atoms with E-state index in [2.05, 4.69) is 148 Å². The van der Waals surface area contributed by atoms with Gasteiger partial charge in [-0.25, -0.2) is 4.98 Å². The first-order valence-corrected chi connectivity index (χ1v) is 17.1. The minimum atomic E-state index is -0.0490. The van der Waals surface area contributed by atoms with Gasteiger partial charge in [0.25, 0.3) is 6.71 Å². The van der Waals surface area contributed by atoms with Crippen molar-refractivity contribution in [2.75, 3.05) is 0 Å². The predicted molar refractivity (Wildman–Crippen MR) is 204 cm³/mol. The van der Waals surface area contributed by atoms with Crippen LogP contribution in [0.5, 0.6) is 23.0 Å². The molecule has 230 valence electrons. The first-order chi connectivity index (χ1) is 24.8. The third-order valence-electron chi connectivity index (χ3n) is 10.9. The van der Waals surface area contributed by atoms with Gasteiger partial charge in [-0.15, -0.1) is 0 Å². The molecule has 3 aliphatic rings. The third-order valence-corrected chi connectivity index (χ3v) is 10.9. The lowest BCUT2D eigenvalue weighted by Gasteiger charge is -2.35. The van der Waals surface area contributed by atoms with Crippen LogP contribution < -0.4 is 42.3 Å². The molecule has 0 saturated heterocycles. The SMILES string of the molecule is c1ccc(-c2ccccc2B2c3cc4c(cc3-n3c5c2cccc5n2c5ccccc5nc32)B2c3ccccc3Oc3cccc(c32)O4)cc1. The minimum absolute atomic E-state index is 0.0340. The monoisotopic (exact) mass is 637 g/mol. The summed E-state index contributed by atoms with van der Waals surface area (Å²) >= 11 is 0. The number of aromatic nitrogens is 3. The molecule has 5 nitrogen and oxygen atoms in total. The molecule has 5 heterocycles. The molecule has 0 aliphatic carbocycles. The van der Waals surface area contributed by atoms with Crippen molar-refractivity contribution in [3.05, 3.63) is 152 Å². The second-order valence-electron chi connectivity index (χ2n) is 13.5. The van der Waals surface area contributed by atoms with Crippen LogP contribution in [-0.4, -0.2) is 27.4 Å². The second-order valence-corrected chi connectivity index (χ2v) is 13.5. The Kier molecular flexibility index (Phi) is 5.07. The summed E-state index contributed by atoms with van der Waals surface area (Å²) in [6, 6.07) is 54.0. The maximum absolute atomic E-state index is 6.87. The van der Waals surface area contributed by atoms with Gasteiger partial charge in [0.2, 0.25) is 12.5 Å². The largest absolute Gasteiger partial charge is 0.458 e. The fourth-order valence-corrected chi connectivity index (χ4v) is 8.92. The highest BCUT2D eigenvalue weighted by molar-refractivity contribution is 7.00. The Labute approximate surface area is 288 Å². The van der Waals surface area contributed by atoms with Gasteiger partial charge in [-0.05, 0) is 81.5 Å². The van der Waals surface area contributed by atoms with Gasteiger partial charge in [0.15, 0.2) is 0 Å². The van der Waals surface area contributed by atoms with E-state index in [1.165, 1.54) is 33.0 Å². The highest BCUT2D eigenvalue weighted by atomic mass is 16.5. The maximum Gasteiger partial charge on any atom is 0.260 e. The molecule has 0 fully saturated rings. The van der Waals surface area contributed by atoms with Crippen molar-refractivity contribution in [2.24, 2.45) is 0 Å². The number of fused-ring (bicyclic) bond motifs is 11. The number of imidazole rings is 2. The second kappa shape index (κ2) is 9.58. The van der Waals surface area contributed by atoms with E-state index < -0.39 is 0 Å². The number of benzene rings is 7. The highest BCUT2D eigenvalue weighted by Gasteiger charge is 2.43. The van der Waals surface area contributed by atoms with Gasteiger partial charge in [-0.2, -0.15) is 0 Å². The molecule has 0 atom stereocenters. The third kappa shape index (κ3) is 3.36. The average molecular weight is 637 g/mol. The van der Waals surface area contributed by atoms with Gasteiger partial charge in [0, 0.05) is 11.2 Å². The number of nitrogens with zero attached hydrogens (tertiary/aromatic N) is 3. The van der Waals surface area contributed by atoms with Crippen LogP contribution in [0.15, 0.2) is 152 Å². The molecule has 3 aliphatic heterocycles. The molecule has 0 radical (unpaired) electrons. The van der Waals surface area contributed by atoms with Gasteiger partial charge in [-0.3, -0.25) is 8.97 Å². The zero-order chi connectivity index (χ0) is 32.5. The molecule has 0 saturated carbocycles. The van der Waals surface area contributed by atoms with Gasteiger partial charge < -0.3 is 9.47 Å². The summed E-state index contributed by atoms with van der Waals surface area (Å²) in [5, 5.41) is 0. The molecule has 0 unspecified atom stereocenters. The van der Waals surface area contributed by atoms with Crippen molar-refractivity contribution in [1.29, 1.82) is 0 Å². The summed E-state index contributed by atoms with van der Waals surface area (Å²) in [6.07, 6.45) is 0. The average Bonchev–Trinajstić information content (AvgIpc) is 3.71. The quantitative estimate of drug-likeness (QED) is 0.230. The topological polar surface area (TPSA) is 40.7 Å². The summed E-state index contributed by atoms with van der Waals surface area (Å²) in [5.74, 6) is 4.37. The molecule has 0 N–H and O–H groups in total. The number of hydrogen-bond donors (Lipinski definition) is 0. The van der Waals surface area contributed by atoms with Gasteiger partial charge in [0.05, 0.1) is 22.1 Å². The van der Waals surface area contributed by atoms with Crippen molar-refractivity contribution in [2.45, 2.75) is 0 Å². The maximum atomic E-state index is 6.87. The number of hydrogen-bond acceptors (Lipinski definition) is 3. The van der Waals surface area contributed by atoms with Crippen LogP contribution in [0, 0.1) is 0 Å². The summed E-state index contributed by atoms with van der Waals surface area (Å²) < 4.78 is 18.1. The fraction of sp³-hybridized carbons (Fsp3) is 0.